The molecule has 0 aliphatic heterocycles. The first kappa shape index (κ1) is 14.6. The largest absolute Gasteiger partial charge is 0.509 e. The summed E-state index contributed by atoms with van der Waals surface area (Å²) in [6.07, 6.45) is 0. The van der Waals surface area contributed by atoms with Crippen LogP contribution >= 0.6 is 0 Å². The Bertz CT molecular complexity index is 351. The first-order chi connectivity index (χ1) is 7.68. The van der Waals surface area contributed by atoms with E-state index in [-0.39, 0.29) is 10.8 Å². The average Bonchev–Trinajstić information content (AvgIpc) is 2.15. The molecule has 17 heavy (non-hydrogen) atoms. The summed E-state index contributed by atoms with van der Waals surface area (Å²) in [6, 6.07) is 6.55. The summed E-state index contributed by atoms with van der Waals surface area (Å²) in [4.78, 5) is 0. The van der Waals surface area contributed by atoms with E-state index in [4.69, 9.17) is 4.74 Å². The molecule has 1 rings (SSSR count). The van der Waals surface area contributed by atoms with E-state index < -0.39 is 0 Å². The molecule has 1 nitrogen and oxygen atoms in total. The molecule has 0 aliphatic rings. The van der Waals surface area contributed by atoms with Gasteiger partial charge in [-0.1, -0.05) is 59.7 Å². The Balaban J connectivity index is 3.43. The fraction of sp³-hybridized carbons (Fsp3) is 0.600. The van der Waals surface area contributed by atoms with Crippen LogP contribution in [0.1, 0.15) is 52.7 Å². The second-order valence-electron chi connectivity index (χ2n) is 6.62. The molecule has 1 aromatic carbocycles. The van der Waals surface area contributed by atoms with Gasteiger partial charge in [0.05, 0.1) is 0 Å². The second-order valence-corrected chi connectivity index (χ2v) is 7.19. The van der Waals surface area contributed by atoms with Gasteiger partial charge >= 0.3 is 0 Å². The van der Waals surface area contributed by atoms with Gasteiger partial charge in [0.1, 0.15) is 5.75 Å². The van der Waals surface area contributed by atoms with E-state index in [9.17, 15) is 0 Å². The van der Waals surface area contributed by atoms with Crippen molar-refractivity contribution in [1.82, 2.24) is 0 Å². The van der Waals surface area contributed by atoms with Crippen molar-refractivity contribution in [1.29, 1.82) is 0 Å². The minimum atomic E-state index is 0.132. The quantitative estimate of drug-likeness (QED) is 0.730. The lowest BCUT2D eigenvalue weighted by Gasteiger charge is -2.29. The van der Waals surface area contributed by atoms with E-state index in [2.05, 4.69) is 59.7 Å². The summed E-state index contributed by atoms with van der Waals surface area (Å²) >= 11 is 1.07. The van der Waals surface area contributed by atoms with E-state index in [0.717, 1.165) is 27.5 Å². The molecule has 2 heteroatoms. The number of benzene rings is 1. The fourth-order valence-electron chi connectivity index (χ4n) is 2.02. The monoisotopic (exact) mass is 248 g/mol. The minimum absolute atomic E-state index is 0.132. The number of hydrogen-bond acceptors (Lipinski definition) is 1. The number of hydrogen-bond donors (Lipinski definition) is 0. The highest BCUT2D eigenvalue weighted by Crippen LogP contribution is 2.39. The summed E-state index contributed by atoms with van der Waals surface area (Å²) in [5.74, 6) is 1.11. The van der Waals surface area contributed by atoms with E-state index in [1.165, 1.54) is 11.1 Å². The van der Waals surface area contributed by atoms with Crippen molar-refractivity contribution in [3.8, 4) is 5.75 Å². The Morgan fingerprint density at radius 3 is 1.65 bits per heavy atom. The molecule has 0 unspecified atom stereocenters. The zero-order valence-electron chi connectivity index (χ0n) is 12.3. The van der Waals surface area contributed by atoms with Crippen LogP contribution in [-0.2, 0) is 10.8 Å². The molecule has 0 bridgehead atoms. The molecule has 0 radical (unpaired) electrons. The van der Waals surface area contributed by atoms with Crippen molar-refractivity contribution in [3.05, 3.63) is 29.3 Å². The molecule has 94 valence electrons. The summed E-state index contributed by atoms with van der Waals surface area (Å²) in [7, 11) is 0. The third kappa shape index (κ3) is 3.50. The fourth-order valence-corrected chi connectivity index (χ4v) is 2.31. The van der Waals surface area contributed by atoms with Gasteiger partial charge in [-0.2, -0.15) is 0 Å². The maximum absolute atomic E-state index is 5.98. The molecule has 0 aromatic heterocycles. The summed E-state index contributed by atoms with van der Waals surface area (Å²) in [5.41, 5.74) is 3.76. The Hall–Kier alpha value is -0.448. The summed E-state index contributed by atoms with van der Waals surface area (Å²) < 4.78 is 5.98. The first-order valence-corrected chi connectivity index (χ1v) is 7.86. The molecular formula is C15H25AlO. The van der Waals surface area contributed by atoms with Crippen molar-refractivity contribution in [2.75, 3.05) is 5.47 Å². The summed E-state index contributed by atoms with van der Waals surface area (Å²) in [5, 5.41) is 0. The lowest BCUT2D eigenvalue weighted by molar-refractivity contribution is 0.359. The Labute approximate surface area is 114 Å². The highest BCUT2D eigenvalue weighted by atomic mass is 27.0. The van der Waals surface area contributed by atoms with Crippen molar-refractivity contribution < 1.29 is 4.74 Å². The number of rotatable bonds is 2. The van der Waals surface area contributed by atoms with Crippen molar-refractivity contribution in [3.63, 3.8) is 0 Å². The zero-order chi connectivity index (χ0) is 13.3. The normalized spacial score (nSPS) is 12.6. The molecule has 0 aliphatic carbocycles. The van der Waals surface area contributed by atoms with Crippen LogP contribution in [0.15, 0.2) is 18.2 Å². The molecule has 0 saturated heterocycles. The van der Waals surface area contributed by atoms with Gasteiger partial charge < -0.3 is 4.74 Å². The van der Waals surface area contributed by atoms with Crippen LogP contribution in [0.25, 0.3) is 0 Å². The number of ether oxygens (including phenoxy) is 1. The average molecular weight is 248 g/mol. The first-order valence-electron chi connectivity index (χ1n) is 6.44. The van der Waals surface area contributed by atoms with Gasteiger partial charge in [-0.3, -0.25) is 0 Å². The van der Waals surface area contributed by atoms with Gasteiger partial charge in [-0.05, 0) is 22.0 Å². The predicted octanol–water partition coefficient (Wildman–Crippen LogP) is 3.25. The lowest BCUT2D eigenvalue weighted by Crippen LogP contribution is -2.19. The van der Waals surface area contributed by atoms with Crippen LogP contribution in [-0.4, -0.2) is 21.8 Å². The van der Waals surface area contributed by atoms with Gasteiger partial charge in [-0.15, -0.1) is 0 Å². The molecule has 0 heterocycles. The molecule has 0 spiro atoms. The highest BCUT2D eigenvalue weighted by molar-refractivity contribution is 6.08. The summed E-state index contributed by atoms with van der Waals surface area (Å²) in [6.45, 7) is 13.5. The van der Waals surface area contributed by atoms with Crippen molar-refractivity contribution in [2.24, 2.45) is 0 Å². The van der Waals surface area contributed by atoms with Crippen LogP contribution < -0.4 is 4.74 Å². The van der Waals surface area contributed by atoms with Crippen LogP contribution in [0, 0.1) is 0 Å². The number of para-hydroxylation sites is 1. The second kappa shape index (κ2) is 5.04. The molecule has 0 N–H and O–H groups in total. The molecule has 0 amide bonds. The molecule has 1 aromatic rings. The SMILES string of the molecule is CC(C)(C)c1cccc(C(C)(C)C)c1O[CH2][AlH2]. The van der Waals surface area contributed by atoms with Crippen LogP contribution in [0.5, 0.6) is 5.75 Å². The van der Waals surface area contributed by atoms with E-state index in [1.807, 2.05) is 0 Å². The maximum atomic E-state index is 5.98. The Morgan fingerprint density at radius 1 is 0.941 bits per heavy atom. The Kier molecular flexibility index (Phi) is 4.34. The third-order valence-electron chi connectivity index (χ3n) is 2.92. The van der Waals surface area contributed by atoms with Crippen molar-refractivity contribution >= 4 is 16.3 Å². The molecule has 0 fully saturated rings. The van der Waals surface area contributed by atoms with Gasteiger partial charge in [-0.25, -0.2) is 0 Å². The van der Waals surface area contributed by atoms with Crippen LogP contribution in [0.3, 0.4) is 0 Å². The highest BCUT2D eigenvalue weighted by Gasteiger charge is 2.25. The molecule has 0 saturated carbocycles. The van der Waals surface area contributed by atoms with Crippen molar-refractivity contribution in [2.45, 2.75) is 52.4 Å². The van der Waals surface area contributed by atoms with E-state index in [0.29, 0.717) is 0 Å². The smallest absolute Gasteiger partial charge is 0.273 e. The van der Waals surface area contributed by atoms with E-state index >= 15 is 0 Å². The van der Waals surface area contributed by atoms with Gasteiger partial charge in [0, 0.05) is 5.47 Å². The third-order valence-corrected chi connectivity index (χ3v) is 3.21. The van der Waals surface area contributed by atoms with Crippen LogP contribution in [0.4, 0.5) is 0 Å². The molecular weight excluding hydrogens is 223 g/mol. The molecule has 0 atom stereocenters. The topological polar surface area (TPSA) is 9.23 Å². The maximum Gasteiger partial charge on any atom is 0.273 e. The van der Waals surface area contributed by atoms with E-state index in [1.54, 1.807) is 0 Å². The predicted molar refractivity (Wildman–Crippen MR) is 77.9 cm³/mol. The van der Waals surface area contributed by atoms with Gasteiger partial charge in [0.15, 0.2) is 0 Å². The lowest BCUT2D eigenvalue weighted by atomic mass is 9.79. The zero-order valence-corrected chi connectivity index (χ0v) is 14.3. The van der Waals surface area contributed by atoms with Gasteiger partial charge in [0.25, 0.3) is 16.3 Å². The van der Waals surface area contributed by atoms with Gasteiger partial charge in [0.2, 0.25) is 0 Å². The minimum Gasteiger partial charge on any atom is -0.509 e. The van der Waals surface area contributed by atoms with Crippen LogP contribution in [0.2, 0.25) is 0 Å². The Morgan fingerprint density at radius 2 is 1.35 bits per heavy atom. The standard InChI is InChI=1S/C15H23O.Al.2H/c1-14(2,3)11-9-8-10-12(13(11)16-7)15(4,5)6;;;/h8-10H,7H2,1-6H3;;;.